The molecular weight excluding hydrogens is 240 g/mol. The Morgan fingerprint density at radius 1 is 1.53 bits per heavy atom. The van der Waals surface area contributed by atoms with Gasteiger partial charge in [-0.15, -0.1) is 0 Å². The molecule has 0 heterocycles. The zero-order valence-electron chi connectivity index (χ0n) is 10.2. The minimum atomic E-state index is -0.432. The Hall–Kier alpha value is -1.26. The normalized spacial score (nSPS) is 12.1. The van der Waals surface area contributed by atoms with Gasteiger partial charge in [-0.1, -0.05) is 11.6 Å². The van der Waals surface area contributed by atoms with Gasteiger partial charge in [-0.05, 0) is 18.2 Å². The van der Waals surface area contributed by atoms with Crippen LogP contribution in [-0.2, 0) is 4.79 Å². The Morgan fingerprint density at radius 2 is 2.18 bits per heavy atom. The van der Waals surface area contributed by atoms with Crippen LogP contribution in [0.25, 0.3) is 0 Å². The van der Waals surface area contributed by atoms with E-state index in [0.29, 0.717) is 10.8 Å². The maximum atomic E-state index is 12.0. The molecule has 0 aliphatic heterocycles. The molecule has 0 spiro atoms. The first kappa shape index (κ1) is 13.8. The quantitative estimate of drug-likeness (QED) is 0.888. The number of carbonyl (C=O) groups is 1. The smallest absolute Gasteiger partial charge is 0.231 e. The van der Waals surface area contributed by atoms with Gasteiger partial charge in [0.05, 0.1) is 13.0 Å². The molecule has 0 saturated carbocycles. The lowest BCUT2D eigenvalue weighted by atomic mass is 9.97. The third-order valence-electron chi connectivity index (χ3n) is 2.54. The average molecular weight is 257 g/mol. The van der Waals surface area contributed by atoms with Crippen LogP contribution in [-0.4, -0.2) is 38.6 Å². The van der Waals surface area contributed by atoms with Crippen molar-refractivity contribution in [3.8, 4) is 5.75 Å². The average Bonchev–Trinajstić information content (AvgIpc) is 2.30. The van der Waals surface area contributed by atoms with Crippen LogP contribution in [0.15, 0.2) is 18.2 Å². The van der Waals surface area contributed by atoms with Gasteiger partial charge in [0.2, 0.25) is 5.91 Å². The van der Waals surface area contributed by atoms with Crippen molar-refractivity contribution in [3.05, 3.63) is 28.8 Å². The van der Waals surface area contributed by atoms with E-state index in [1.54, 1.807) is 39.4 Å². The molecule has 0 aliphatic rings. The number of ether oxygens (including phenoxy) is 1. The van der Waals surface area contributed by atoms with E-state index in [1.807, 2.05) is 0 Å². The fourth-order valence-corrected chi connectivity index (χ4v) is 1.83. The molecule has 1 atom stereocenters. The summed E-state index contributed by atoms with van der Waals surface area (Å²) in [4.78, 5) is 13.5. The fourth-order valence-electron chi connectivity index (χ4n) is 1.65. The van der Waals surface area contributed by atoms with Gasteiger partial charge in [0, 0.05) is 31.2 Å². The highest BCUT2D eigenvalue weighted by molar-refractivity contribution is 6.30. The first-order valence-corrected chi connectivity index (χ1v) is 5.63. The first-order valence-electron chi connectivity index (χ1n) is 5.26. The number of carbonyl (C=O) groups excluding carboxylic acids is 1. The molecule has 0 aromatic heterocycles. The lowest BCUT2D eigenvalue weighted by Crippen LogP contribution is -2.32. The van der Waals surface area contributed by atoms with Crippen molar-refractivity contribution in [2.24, 2.45) is 5.73 Å². The molecular formula is C12H17ClN2O2. The van der Waals surface area contributed by atoms with E-state index in [0.717, 1.165) is 5.56 Å². The van der Waals surface area contributed by atoms with Gasteiger partial charge >= 0.3 is 0 Å². The van der Waals surface area contributed by atoms with Gasteiger partial charge in [0.25, 0.3) is 0 Å². The van der Waals surface area contributed by atoms with Gasteiger partial charge in [0.15, 0.2) is 0 Å². The van der Waals surface area contributed by atoms with E-state index < -0.39 is 5.92 Å². The Balaban J connectivity index is 3.19. The number of nitrogens with two attached hydrogens (primary N) is 1. The zero-order chi connectivity index (χ0) is 13.0. The van der Waals surface area contributed by atoms with Crippen LogP contribution >= 0.6 is 11.6 Å². The van der Waals surface area contributed by atoms with Crippen molar-refractivity contribution >= 4 is 17.5 Å². The molecule has 1 aromatic carbocycles. The highest BCUT2D eigenvalue weighted by atomic mass is 35.5. The second-order valence-electron chi connectivity index (χ2n) is 3.91. The molecule has 0 fully saturated rings. The number of rotatable bonds is 4. The Bertz CT molecular complexity index is 407. The van der Waals surface area contributed by atoms with Crippen LogP contribution in [0.4, 0.5) is 0 Å². The molecule has 1 rings (SSSR count). The van der Waals surface area contributed by atoms with Crippen molar-refractivity contribution in [1.29, 1.82) is 0 Å². The Kier molecular flexibility index (Phi) is 4.78. The zero-order valence-corrected chi connectivity index (χ0v) is 11.0. The lowest BCUT2D eigenvalue weighted by molar-refractivity contribution is -0.130. The number of amides is 1. The lowest BCUT2D eigenvalue weighted by Gasteiger charge is -2.21. The van der Waals surface area contributed by atoms with Crippen LogP contribution in [0.3, 0.4) is 0 Å². The van der Waals surface area contributed by atoms with Crippen LogP contribution in [0, 0.1) is 0 Å². The van der Waals surface area contributed by atoms with Gasteiger partial charge in [-0.2, -0.15) is 0 Å². The third-order valence-corrected chi connectivity index (χ3v) is 2.78. The highest BCUT2D eigenvalue weighted by Gasteiger charge is 2.24. The van der Waals surface area contributed by atoms with Crippen LogP contribution in [0.2, 0.25) is 5.02 Å². The molecule has 0 saturated heterocycles. The van der Waals surface area contributed by atoms with Crippen molar-refractivity contribution in [2.75, 3.05) is 27.7 Å². The topological polar surface area (TPSA) is 55.6 Å². The highest BCUT2D eigenvalue weighted by Crippen LogP contribution is 2.30. The van der Waals surface area contributed by atoms with Gasteiger partial charge < -0.3 is 15.4 Å². The summed E-state index contributed by atoms with van der Waals surface area (Å²) in [5.74, 6) is 0.131. The van der Waals surface area contributed by atoms with Gasteiger partial charge in [-0.3, -0.25) is 4.79 Å². The van der Waals surface area contributed by atoms with Crippen molar-refractivity contribution in [2.45, 2.75) is 5.92 Å². The second-order valence-corrected chi connectivity index (χ2v) is 4.34. The molecule has 1 aromatic rings. The SMILES string of the molecule is COc1ccc(Cl)cc1C(CN)C(=O)N(C)C. The maximum Gasteiger partial charge on any atom is 0.231 e. The molecule has 0 radical (unpaired) electrons. The number of hydrogen-bond donors (Lipinski definition) is 1. The van der Waals surface area contributed by atoms with Gasteiger partial charge in [0.1, 0.15) is 5.75 Å². The number of hydrogen-bond acceptors (Lipinski definition) is 3. The summed E-state index contributed by atoms with van der Waals surface area (Å²) in [6, 6.07) is 5.18. The van der Waals surface area contributed by atoms with E-state index in [9.17, 15) is 4.79 Å². The molecule has 4 nitrogen and oxygen atoms in total. The molecule has 0 aliphatic carbocycles. The van der Waals surface area contributed by atoms with Crippen molar-refractivity contribution < 1.29 is 9.53 Å². The van der Waals surface area contributed by atoms with E-state index >= 15 is 0 Å². The van der Waals surface area contributed by atoms with E-state index in [1.165, 1.54) is 4.90 Å². The monoisotopic (exact) mass is 256 g/mol. The summed E-state index contributed by atoms with van der Waals surface area (Å²) in [6.45, 7) is 0.216. The predicted molar refractivity (Wildman–Crippen MR) is 68.5 cm³/mol. The standard InChI is InChI=1S/C12H17ClN2O2/c1-15(2)12(16)10(7-14)9-6-8(13)4-5-11(9)17-3/h4-6,10H,7,14H2,1-3H3. The van der Waals surface area contributed by atoms with E-state index in [4.69, 9.17) is 22.1 Å². The number of nitrogens with zero attached hydrogens (tertiary/aromatic N) is 1. The van der Waals surface area contributed by atoms with E-state index in [2.05, 4.69) is 0 Å². The first-order chi connectivity index (χ1) is 8.01. The molecule has 1 unspecified atom stereocenters. The number of methoxy groups -OCH3 is 1. The molecule has 5 heteroatoms. The van der Waals surface area contributed by atoms with Crippen LogP contribution in [0.1, 0.15) is 11.5 Å². The Morgan fingerprint density at radius 3 is 2.65 bits per heavy atom. The largest absolute Gasteiger partial charge is 0.496 e. The minimum absolute atomic E-state index is 0.0620. The summed E-state index contributed by atoms with van der Waals surface area (Å²) in [5, 5.41) is 0.561. The number of halogens is 1. The van der Waals surface area contributed by atoms with Crippen LogP contribution in [0.5, 0.6) is 5.75 Å². The summed E-state index contributed by atoms with van der Waals surface area (Å²) in [5.41, 5.74) is 6.39. The molecule has 1 amide bonds. The second kappa shape index (κ2) is 5.89. The maximum absolute atomic E-state index is 12.0. The predicted octanol–water partition coefficient (Wildman–Crippen LogP) is 1.48. The summed E-state index contributed by atoms with van der Waals surface area (Å²) >= 11 is 5.94. The number of benzene rings is 1. The molecule has 0 bridgehead atoms. The van der Waals surface area contributed by atoms with Gasteiger partial charge in [-0.25, -0.2) is 0 Å². The third kappa shape index (κ3) is 3.11. The fraction of sp³-hybridized carbons (Fsp3) is 0.417. The minimum Gasteiger partial charge on any atom is -0.496 e. The summed E-state index contributed by atoms with van der Waals surface area (Å²) < 4.78 is 5.23. The molecule has 2 N–H and O–H groups in total. The van der Waals surface area contributed by atoms with Crippen molar-refractivity contribution in [3.63, 3.8) is 0 Å². The summed E-state index contributed by atoms with van der Waals surface area (Å²) in [6.07, 6.45) is 0. The molecule has 94 valence electrons. The summed E-state index contributed by atoms with van der Waals surface area (Å²) in [7, 11) is 4.95. The van der Waals surface area contributed by atoms with E-state index in [-0.39, 0.29) is 12.5 Å². The Labute approximate surface area is 106 Å². The molecule has 17 heavy (non-hydrogen) atoms. The number of likely N-dealkylation sites (N-methyl/N-ethyl adjacent to an activating group) is 1. The van der Waals surface area contributed by atoms with Crippen LogP contribution < -0.4 is 10.5 Å². The van der Waals surface area contributed by atoms with Crippen molar-refractivity contribution in [1.82, 2.24) is 4.90 Å².